The molecule has 1 heterocycles. The number of aromatic amines is 1. The van der Waals surface area contributed by atoms with Gasteiger partial charge in [0.1, 0.15) is 11.9 Å². The number of benzene rings is 2. The van der Waals surface area contributed by atoms with Crippen LogP contribution in [0.15, 0.2) is 48.5 Å². The van der Waals surface area contributed by atoms with Gasteiger partial charge in [-0.1, -0.05) is 43.7 Å². The van der Waals surface area contributed by atoms with Crippen LogP contribution in [0.25, 0.3) is 11.0 Å². The first-order chi connectivity index (χ1) is 13.1. The van der Waals surface area contributed by atoms with Crippen molar-refractivity contribution < 1.29 is 14.0 Å². The van der Waals surface area contributed by atoms with Gasteiger partial charge in [0, 0.05) is 0 Å². The summed E-state index contributed by atoms with van der Waals surface area (Å²) in [5.74, 6) is -0.881. The van der Waals surface area contributed by atoms with Crippen molar-refractivity contribution in [3.05, 3.63) is 59.9 Å². The molecule has 3 rings (SSSR count). The highest BCUT2D eigenvalue weighted by molar-refractivity contribution is 5.97. The summed E-state index contributed by atoms with van der Waals surface area (Å²) in [7, 11) is 0. The molecule has 0 bridgehead atoms. The highest BCUT2D eigenvalue weighted by atomic mass is 19.1. The van der Waals surface area contributed by atoms with Crippen molar-refractivity contribution in [2.75, 3.05) is 5.32 Å². The smallest absolute Gasteiger partial charge is 0.249 e. The molecule has 2 aromatic carbocycles. The highest BCUT2D eigenvalue weighted by Crippen LogP contribution is 2.14. The van der Waals surface area contributed by atoms with E-state index in [9.17, 15) is 14.0 Å². The summed E-state index contributed by atoms with van der Waals surface area (Å²) in [6, 6.07) is 12.8. The van der Waals surface area contributed by atoms with Gasteiger partial charge in [0.15, 0.2) is 0 Å². The average molecular weight is 368 g/mol. The Kier molecular flexibility index (Phi) is 5.80. The standard InChI is InChI=1S/C20H21FN4O2/c1-2-7-17(22-18(26)12-13-8-3-4-9-14(13)21)19(27)25-20-23-15-10-5-6-11-16(15)24-20/h3-6,8-11,17H,2,7,12H2,1H3,(H,22,26)(H2,23,24,25,27). The maximum atomic E-state index is 13.7. The second kappa shape index (κ2) is 8.44. The van der Waals surface area contributed by atoms with Crippen LogP contribution >= 0.6 is 0 Å². The number of anilines is 1. The molecule has 0 fully saturated rings. The molecule has 0 saturated heterocycles. The first-order valence-corrected chi connectivity index (χ1v) is 8.85. The number of hydrogen-bond donors (Lipinski definition) is 3. The summed E-state index contributed by atoms with van der Waals surface area (Å²) >= 11 is 0. The number of aromatic nitrogens is 2. The van der Waals surface area contributed by atoms with Crippen LogP contribution in [0.5, 0.6) is 0 Å². The van der Waals surface area contributed by atoms with E-state index in [0.717, 1.165) is 11.0 Å². The van der Waals surface area contributed by atoms with Gasteiger partial charge >= 0.3 is 0 Å². The predicted molar refractivity (Wildman–Crippen MR) is 102 cm³/mol. The summed E-state index contributed by atoms with van der Waals surface area (Å²) in [5.41, 5.74) is 1.84. The third-order valence-electron chi connectivity index (χ3n) is 4.17. The Morgan fingerprint density at radius 3 is 2.63 bits per heavy atom. The van der Waals surface area contributed by atoms with Crippen LogP contribution in [0, 0.1) is 5.82 Å². The van der Waals surface area contributed by atoms with Crippen LogP contribution in [-0.2, 0) is 16.0 Å². The quantitative estimate of drug-likeness (QED) is 0.599. The molecule has 3 aromatic rings. The Morgan fingerprint density at radius 1 is 1.15 bits per heavy atom. The van der Waals surface area contributed by atoms with Gasteiger partial charge in [-0.05, 0) is 30.2 Å². The zero-order chi connectivity index (χ0) is 19.2. The van der Waals surface area contributed by atoms with Gasteiger partial charge in [0.2, 0.25) is 17.8 Å². The minimum absolute atomic E-state index is 0.120. The fraction of sp³-hybridized carbons (Fsp3) is 0.250. The maximum Gasteiger partial charge on any atom is 0.249 e. The minimum Gasteiger partial charge on any atom is -0.344 e. The molecule has 27 heavy (non-hydrogen) atoms. The van der Waals surface area contributed by atoms with Crippen LogP contribution in [0.1, 0.15) is 25.3 Å². The number of imidazole rings is 1. The summed E-state index contributed by atoms with van der Waals surface area (Å²) in [6.07, 6.45) is 1.05. The molecule has 1 atom stereocenters. The van der Waals surface area contributed by atoms with E-state index >= 15 is 0 Å². The van der Waals surface area contributed by atoms with Gasteiger partial charge in [-0.3, -0.25) is 14.9 Å². The van der Waals surface area contributed by atoms with Crippen molar-refractivity contribution in [2.24, 2.45) is 0 Å². The zero-order valence-electron chi connectivity index (χ0n) is 15.0. The van der Waals surface area contributed by atoms with Crippen molar-refractivity contribution in [3.63, 3.8) is 0 Å². The number of carbonyl (C=O) groups excluding carboxylic acids is 2. The summed E-state index contributed by atoms with van der Waals surface area (Å²) in [4.78, 5) is 32.2. The van der Waals surface area contributed by atoms with E-state index in [-0.39, 0.29) is 12.3 Å². The fourth-order valence-corrected chi connectivity index (χ4v) is 2.83. The van der Waals surface area contributed by atoms with Crippen molar-refractivity contribution in [3.8, 4) is 0 Å². The third-order valence-corrected chi connectivity index (χ3v) is 4.17. The molecule has 0 saturated carbocycles. The molecule has 3 N–H and O–H groups in total. The van der Waals surface area contributed by atoms with E-state index in [1.54, 1.807) is 18.2 Å². The van der Waals surface area contributed by atoms with Crippen molar-refractivity contribution in [2.45, 2.75) is 32.2 Å². The molecule has 1 aromatic heterocycles. The molecule has 7 heteroatoms. The topological polar surface area (TPSA) is 86.9 Å². The molecular formula is C20H21FN4O2. The first-order valence-electron chi connectivity index (χ1n) is 8.85. The number of fused-ring (bicyclic) bond motifs is 1. The van der Waals surface area contributed by atoms with Crippen molar-refractivity contribution in [1.29, 1.82) is 0 Å². The van der Waals surface area contributed by atoms with Crippen molar-refractivity contribution in [1.82, 2.24) is 15.3 Å². The van der Waals surface area contributed by atoms with E-state index in [2.05, 4.69) is 20.6 Å². The van der Waals surface area contributed by atoms with Gasteiger partial charge in [-0.15, -0.1) is 0 Å². The lowest BCUT2D eigenvalue weighted by Crippen LogP contribution is -2.44. The van der Waals surface area contributed by atoms with E-state index in [4.69, 9.17) is 0 Å². The summed E-state index contributed by atoms with van der Waals surface area (Å²) in [5, 5.41) is 5.39. The predicted octanol–water partition coefficient (Wildman–Crippen LogP) is 3.17. The Balaban J connectivity index is 1.65. The number of amides is 2. The average Bonchev–Trinajstić information content (AvgIpc) is 3.05. The Labute approximate surface area is 156 Å². The first kappa shape index (κ1) is 18.6. The molecule has 0 aliphatic rings. The lowest BCUT2D eigenvalue weighted by atomic mass is 10.1. The van der Waals surface area contributed by atoms with E-state index < -0.39 is 17.8 Å². The third kappa shape index (κ3) is 4.69. The molecule has 0 aliphatic carbocycles. The van der Waals surface area contributed by atoms with Crippen LogP contribution < -0.4 is 10.6 Å². The SMILES string of the molecule is CCCC(NC(=O)Cc1ccccc1F)C(=O)Nc1nc2ccccc2[nH]1. The minimum atomic E-state index is -0.720. The Bertz CT molecular complexity index is 921. The number of nitrogens with one attached hydrogen (secondary N) is 3. The number of nitrogens with zero attached hydrogens (tertiary/aromatic N) is 1. The van der Waals surface area contributed by atoms with E-state index in [1.807, 2.05) is 31.2 Å². The molecule has 1 unspecified atom stereocenters. The fourth-order valence-electron chi connectivity index (χ4n) is 2.83. The lowest BCUT2D eigenvalue weighted by molar-refractivity contribution is -0.126. The van der Waals surface area contributed by atoms with E-state index in [0.29, 0.717) is 24.4 Å². The van der Waals surface area contributed by atoms with Gasteiger partial charge in [-0.2, -0.15) is 0 Å². The molecule has 140 valence electrons. The number of carbonyl (C=O) groups is 2. The largest absolute Gasteiger partial charge is 0.344 e. The van der Waals surface area contributed by atoms with Crippen molar-refractivity contribution >= 4 is 28.8 Å². The highest BCUT2D eigenvalue weighted by Gasteiger charge is 2.21. The molecular weight excluding hydrogens is 347 g/mol. The molecule has 0 aliphatic heterocycles. The van der Waals surface area contributed by atoms with Gasteiger partial charge in [0.05, 0.1) is 17.5 Å². The second-order valence-electron chi connectivity index (χ2n) is 6.27. The summed E-state index contributed by atoms with van der Waals surface area (Å²) < 4.78 is 13.7. The number of para-hydroxylation sites is 2. The molecule has 0 radical (unpaired) electrons. The van der Waals surface area contributed by atoms with Crippen LogP contribution in [0.2, 0.25) is 0 Å². The molecule has 0 spiro atoms. The second-order valence-corrected chi connectivity index (χ2v) is 6.27. The normalized spacial score (nSPS) is 11.9. The molecule has 6 nitrogen and oxygen atoms in total. The van der Waals surface area contributed by atoms with Crippen LogP contribution in [-0.4, -0.2) is 27.8 Å². The molecule has 2 amide bonds. The summed E-state index contributed by atoms with van der Waals surface area (Å²) in [6.45, 7) is 1.92. The van der Waals surface area contributed by atoms with Gasteiger partial charge in [-0.25, -0.2) is 9.37 Å². The van der Waals surface area contributed by atoms with Crippen LogP contribution in [0.4, 0.5) is 10.3 Å². The van der Waals surface area contributed by atoms with Gasteiger partial charge < -0.3 is 10.3 Å². The maximum absolute atomic E-state index is 13.7. The van der Waals surface area contributed by atoms with Gasteiger partial charge in [0.25, 0.3) is 0 Å². The van der Waals surface area contributed by atoms with Crippen LogP contribution in [0.3, 0.4) is 0 Å². The number of H-pyrrole nitrogens is 1. The number of halogens is 1. The Hall–Kier alpha value is -3.22. The number of hydrogen-bond acceptors (Lipinski definition) is 3. The zero-order valence-corrected chi connectivity index (χ0v) is 15.0. The number of rotatable bonds is 7. The lowest BCUT2D eigenvalue weighted by Gasteiger charge is -2.17. The van der Waals surface area contributed by atoms with E-state index in [1.165, 1.54) is 6.07 Å². The Morgan fingerprint density at radius 2 is 1.89 bits per heavy atom. The monoisotopic (exact) mass is 368 g/mol.